The van der Waals surface area contributed by atoms with Crippen molar-refractivity contribution in [1.29, 1.82) is 0 Å². The molecule has 2 saturated heterocycles. The lowest BCUT2D eigenvalue weighted by Gasteiger charge is -2.36. The largest absolute Gasteiger partial charge is 0.481 e. The fourth-order valence-electron chi connectivity index (χ4n) is 3.33. The smallest absolute Gasteiger partial charge is 0.317 e. The number of aliphatic carboxylic acids is 1. The van der Waals surface area contributed by atoms with Gasteiger partial charge in [-0.3, -0.25) is 4.79 Å². The molecule has 0 radical (unpaired) electrons. The van der Waals surface area contributed by atoms with E-state index in [1.165, 1.54) is 0 Å². The predicted octanol–water partition coefficient (Wildman–Crippen LogP) is 1.27. The first-order valence-corrected chi connectivity index (χ1v) is 8.04. The molecule has 120 valence electrons. The van der Waals surface area contributed by atoms with Crippen molar-refractivity contribution in [3.8, 4) is 0 Å². The number of hydrogen-bond acceptors (Lipinski definition) is 3. The quantitative estimate of drug-likeness (QED) is 0.730. The summed E-state index contributed by atoms with van der Waals surface area (Å²) in [6, 6.07) is 0.296. The number of nitrogens with zero attached hydrogens (tertiary/aromatic N) is 1. The van der Waals surface area contributed by atoms with Crippen LogP contribution in [0, 0.1) is 11.8 Å². The first-order chi connectivity index (χ1) is 10.1. The zero-order chi connectivity index (χ0) is 15.2. The molecule has 0 spiro atoms. The molecule has 2 amide bonds. The lowest BCUT2D eigenvalue weighted by molar-refractivity contribution is -0.138. The molecule has 0 aromatic heterocycles. The van der Waals surface area contributed by atoms with E-state index in [1.54, 1.807) is 0 Å². The maximum Gasteiger partial charge on any atom is 0.317 e. The summed E-state index contributed by atoms with van der Waals surface area (Å²) in [7, 11) is 0. The van der Waals surface area contributed by atoms with Crippen molar-refractivity contribution >= 4 is 12.0 Å². The van der Waals surface area contributed by atoms with Crippen LogP contribution in [0.25, 0.3) is 0 Å². The monoisotopic (exact) mass is 297 g/mol. The topological polar surface area (TPSA) is 81.7 Å². The second kappa shape index (κ2) is 7.64. The van der Waals surface area contributed by atoms with Gasteiger partial charge in [-0.15, -0.1) is 0 Å². The Labute approximate surface area is 126 Å². The Morgan fingerprint density at radius 1 is 1.33 bits per heavy atom. The number of carboxylic acid groups (broad SMARTS) is 1. The summed E-state index contributed by atoms with van der Waals surface area (Å²) in [5.74, 6) is -0.329. The van der Waals surface area contributed by atoms with Gasteiger partial charge in [0.2, 0.25) is 0 Å². The maximum atomic E-state index is 12.3. The molecule has 2 rings (SSSR count). The molecule has 0 bridgehead atoms. The lowest BCUT2D eigenvalue weighted by Crippen LogP contribution is -2.51. The van der Waals surface area contributed by atoms with Crippen molar-refractivity contribution in [2.45, 2.75) is 45.1 Å². The zero-order valence-electron chi connectivity index (χ0n) is 12.8. The highest BCUT2D eigenvalue weighted by atomic mass is 16.4. The minimum atomic E-state index is -0.751. The molecule has 0 aliphatic carbocycles. The van der Waals surface area contributed by atoms with Crippen molar-refractivity contribution in [1.82, 2.24) is 15.5 Å². The molecule has 2 atom stereocenters. The van der Waals surface area contributed by atoms with E-state index in [2.05, 4.69) is 10.6 Å². The number of urea groups is 1. The van der Waals surface area contributed by atoms with Crippen LogP contribution in [-0.4, -0.2) is 54.2 Å². The molecule has 2 aliphatic heterocycles. The number of carbonyl (C=O) groups is 2. The number of piperidine rings is 2. The first kappa shape index (κ1) is 16.1. The molecule has 6 nitrogen and oxygen atoms in total. The summed E-state index contributed by atoms with van der Waals surface area (Å²) in [4.78, 5) is 25.0. The Balaban J connectivity index is 1.81. The van der Waals surface area contributed by atoms with Crippen LogP contribution in [0.5, 0.6) is 0 Å². The minimum absolute atomic E-state index is 0.0223. The van der Waals surface area contributed by atoms with Gasteiger partial charge in [0, 0.05) is 25.6 Å². The van der Waals surface area contributed by atoms with Crippen molar-refractivity contribution in [3.63, 3.8) is 0 Å². The van der Waals surface area contributed by atoms with Crippen molar-refractivity contribution in [2.75, 3.05) is 26.2 Å². The molecular formula is C15H27N3O3. The van der Waals surface area contributed by atoms with Crippen LogP contribution < -0.4 is 10.6 Å². The molecule has 0 aromatic carbocycles. The van der Waals surface area contributed by atoms with Crippen LogP contribution in [0.2, 0.25) is 0 Å². The maximum absolute atomic E-state index is 12.3. The van der Waals surface area contributed by atoms with Crippen molar-refractivity contribution in [2.24, 2.45) is 11.8 Å². The van der Waals surface area contributed by atoms with E-state index in [-0.39, 0.29) is 24.4 Å². The Morgan fingerprint density at radius 3 is 2.71 bits per heavy atom. The van der Waals surface area contributed by atoms with Gasteiger partial charge in [-0.2, -0.15) is 0 Å². The van der Waals surface area contributed by atoms with Gasteiger partial charge < -0.3 is 20.6 Å². The summed E-state index contributed by atoms with van der Waals surface area (Å²) in [6.07, 6.45) is 4.14. The first-order valence-electron chi connectivity index (χ1n) is 8.04. The van der Waals surface area contributed by atoms with Gasteiger partial charge in [-0.1, -0.05) is 6.92 Å². The number of carboxylic acids is 1. The van der Waals surface area contributed by atoms with Crippen molar-refractivity contribution in [3.05, 3.63) is 0 Å². The average molecular weight is 297 g/mol. The molecule has 0 saturated carbocycles. The van der Waals surface area contributed by atoms with Gasteiger partial charge in [-0.25, -0.2) is 4.79 Å². The fraction of sp³-hybridized carbons (Fsp3) is 0.867. The number of nitrogens with one attached hydrogen (secondary N) is 2. The van der Waals surface area contributed by atoms with Crippen LogP contribution in [0.1, 0.15) is 39.0 Å². The number of rotatable bonds is 4. The van der Waals surface area contributed by atoms with Gasteiger partial charge in [-0.05, 0) is 50.6 Å². The highest BCUT2D eigenvalue weighted by Gasteiger charge is 2.29. The van der Waals surface area contributed by atoms with Crippen LogP contribution in [0.15, 0.2) is 0 Å². The standard InChI is InChI=1S/C15H27N3O3/c1-11(9-14(19)20)12-3-2-8-18(10-12)15(21)17-13-4-6-16-7-5-13/h11-13,16H,2-10H2,1H3,(H,17,21)(H,19,20). The Hall–Kier alpha value is -1.30. The van der Waals surface area contributed by atoms with Crippen LogP contribution in [-0.2, 0) is 4.79 Å². The fourth-order valence-corrected chi connectivity index (χ4v) is 3.33. The summed E-state index contributed by atoms with van der Waals surface area (Å²) in [6.45, 7) is 5.37. The SMILES string of the molecule is CC(CC(=O)O)C1CCCN(C(=O)NC2CCNCC2)C1. The van der Waals surface area contributed by atoms with Crippen molar-refractivity contribution < 1.29 is 14.7 Å². The number of carbonyl (C=O) groups excluding carboxylic acids is 1. The third-order valence-electron chi connectivity index (χ3n) is 4.71. The molecule has 6 heteroatoms. The minimum Gasteiger partial charge on any atom is -0.481 e. The Bertz CT molecular complexity index is 369. The van der Waals surface area contributed by atoms with Crippen LogP contribution >= 0.6 is 0 Å². The van der Waals surface area contributed by atoms with E-state index in [1.807, 2.05) is 11.8 Å². The molecule has 21 heavy (non-hydrogen) atoms. The number of amides is 2. The predicted molar refractivity (Wildman–Crippen MR) is 80.1 cm³/mol. The second-order valence-electron chi connectivity index (χ2n) is 6.40. The number of likely N-dealkylation sites (tertiary alicyclic amines) is 1. The number of hydrogen-bond donors (Lipinski definition) is 3. The highest BCUT2D eigenvalue weighted by molar-refractivity contribution is 5.74. The van der Waals surface area contributed by atoms with Crippen LogP contribution in [0.3, 0.4) is 0 Å². The lowest BCUT2D eigenvalue weighted by atomic mass is 9.85. The summed E-state index contributed by atoms with van der Waals surface area (Å²) < 4.78 is 0. The van der Waals surface area contributed by atoms with Crippen LogP contribution in [0.4, 0.5) is 4.79 Å². The normalized spacial score (nSPS) is 25.4. The molecule has 2 heterocycles. The van der Waals surface area contributed by atoms with E-state index >= 15 is 0 Å². The zero-order valence-corrected chi connectivity index (χ0v) is 12.8. The van der Waals surface area contributed by atoms with E-state index in [4.69, 9.17) is 5.11 Å². The molecule has 0 aromatic rings. The Morgan fingerprint density at radius 2 is 2.05 bits per heavy atom. The third-order valence-corrected chi connectivity index (χ3v) is 4.71. The second-order valence-corrected chi connectivity index (χ2v) is 6.40. The molecule has 2 unspecified atom stereocenters. The van der Waals surface area contributed by atoms with Gasteiger partial charge in [0.25, 0.3) is 0 Å². The summed E-state index contributed by atoms with van der Waals surface area (Å²) in [5, 5.41) is 15.3. The van der Waals surface area contributed by atoms with Gasteiger partial charge in [0.05, 0.1) is 0 Å². The van der Waals surface area contributed by atoms with E-state index in [0.29, 0.717) is 12.5 Å². The van der Waals surface area contributed by atoms with E-state index in [9.17, 15) is 9.59 Å². The molecule has 3 N–H and O–H groups in total. The molecular weight excluding hydrogens is 270 g/mol. The van der Waals surface area contributed by atoms with E-state index in [0.717, 1.165) is 45.3 Å². The summed E-state index contributed by atoms with van der Waals surface area (Å²) in [5.41, 5.74) is 0. The van der Waals surface area contributed by atoms with E-state index < -0.39 is 5.97 Å². The molecule has 2 aliphatic rings. The molecule has 2 fully saturated rings. The Kier molecular flexibility index (Phi) is 5.85. The third kappa shape index (κ3) is 4.88. The highest BCUT2D eigenvalue weighted by Crippen LogP contribution is 2.26. The van der Waals surface area contributed by atoms with Gasteiger partial charge in [0.1, 0.15) is 0 Å². The summed E-state index contributed by atoms with van der Waals surface area (Å²) >= 11 is 0. The van der Waals surface area contributed by atoms with Gasteiger partial charge in [0.15, 0.2) is 0 Å². The van der Waals surface area contributed by atoms with Gasteiger partial charge >= 0.3 is 12.0 Å². The average Bonchev–Trinajstić information content (AvgIpc) is 2.47.